The van der Waals surface area contributed by atoms with Crippen LogP contribution in [0.15, 0.2) is 70.5 Å². The topological polar surface area (TPSA) is 129 Å². The van der Waals surface area contributed by atoms with Gasteiger partial charge in [-0.05, 0) is 31.5 Å². The van der Waals surface area contributed by atoms with Crippen LogP contribution in [0.4, 0.5) is 0 Å². The molecule has 0 saturated heterocycles. The van der Waals surface area contributed by atoms with Gasteiger partial charge in [-0.15, -0.1) is 0 Å². The highest BCUT2D eigenvalue weighted by Crippen LogP contribution is 2.17. The van der Waals surface area contributed by atoms with Crippen molar-refractivity contribution in [3.05, 3.63) is 92.9 Å². The van der Waals surface area contributed by atoms with Crippen LogP contribution in [0.1, 0.15) is 29.8 Å². The third-order valence-corrected chi connectivity index (χ3v) is 5.56. The molecule has 4 rings (SSSR count). The van der Waals surface area contributed by atoms with Gasteiger partial charge < -0.3 is 9.30 Å². The van der Waals surface area contributed by atoms with Crippen LogP contribution >= 0.6 is 0 Å². The number of carbonyl (C=O) groups is 2. The molecular weight excluding hydrogens is 464 g/mol. The SMILES string of the molecule is CCOc1ccccc1C(=O)NNC(=O)Cn1c(=O)c2c(ncn2CC)n(Cc2ccccc2)c1=O. The van der Waals surface area contributed by atoms with Crippen LogP contribution in [0.5, 0.6) is 5.75 Å². The number of rotatable bonds is 8. The molecule has 0 bridgehead atoms. The number of ether oxygens (including phenoxy) is 1. The van der Waals surface area contributed by atoms with Gasteiger partial charge in [-0.1, -0.05) is 42.5 Å². The molecule has 186 valence electrons. The van der Waals surface area contributed by atoms with Crippen LogP contribution in [-0.4, -0.2) is 37.1 Å². The number of nitrogens with zero attached hydrogens (tertiary/aromatic N) is 4. The van der Waals surface area contributed by atoms with Crippen molar-refractivity contribution < 1.29 is 14.3 Å². The second-order valence-electron chi connectivity index (χ2n) is 7.88. The Morgan fingerprint density at radius 2 is 1.67 bits per heavy atom. The van der Waals surface area contributed by atoms with Crippen LogP contribution in [0.2, 0.25) is 0 Å². The molecule has 11 nitrogen and oxygen atoms in total. The summed E-state index contributed by atoms with van der Waals surface area (Å²) in [5, 5.41) is 0. The molecule has 36 heavy (non-hydrogen) atoms. The lowest BCUT2D eigenvalue weighted by Crippen LogP contribution is -2.48. The Labute approximate surface area is 205 Å². The molecule has 2 N–H and O–H groups in total. The summed E-state index contributed by atoms with van der Waals surface area (Å²) >= 11 is 0. The fourth-order valence-electron chi connectivity index (χ4n) is 3.84. The third-order valence-electron chi connectivity index (χ3n) is 5.56. The highest BCUT2D eigenvalue weighted by atomic mass is 16.5. The summed E-state index contributed by atoms with van der Waals surface area (Å²) in [6.07, 6.45) is 1.49. The third kappa shape index (κ3) is 4.90. The van der Waals surface area contributed by atoms with Crippen LogP contribution in [-0.2, 0) is 24.4 Å². The van der Waals surface area contributed by atoms with Crippen molar-refractivity contribution in [2.24, 2.45) is 0 Å². The van der Waals surface area contributed by atoms with Crippen molar-refractivity contribution in [3.8, 4) is 5.75 Å². The van der Waals surface area contributed by atoms with E-state index in [-0.39, 0.29) is 23.3 Å². The van der Waals surface area contributed by atoms with E-state index in [1.54, 1.807) is 35.8 Å². The maximum absolute atomic E-state index is 13.3. The Bertz CT molecular complexity index is 1520. The standard InChI is InChI=1S/C25H26N6O5/c1-3-29-16-26-22-21(29)24(34)31(25(35)30(22)14-17-10-6-5-7-11-17)15-20(32)27-28-23(33)18-12-8-9-13-19(18)36-4-2/h5-13,16H,3-4,14-15H2,1-2H3,(H,27,32)(H,28,33). The van der Waals surface area contributed by atoms with E-state index in [0.717, 1.165) is 10.1 Å². The average Bonchev–Trinajstić information content (AvgIpc) is 3.33. The summed E-state index contributed by atoms with van der Waals surface area (Å²) in [4.78, 5) is 56.0. The van der Waals surface area contributed by atoms with Crippen molar-refractivity contribution in [1.82, 2.24) is 29.5 Å². The van der Waals surface area contributed by atoms with Gasteiger partial charge >= 0.3 is 5.69 Å². The highest BCUT2D eigenvalue weighted by molar-refractivity contribution is 5.97. The minimum Gasteiger partial charge on any atom is -0.493 e. The molecular formula is C25H26N6O5. The van der Waals surface area contributed by atoms with Crippen LogP contribution in [0.25, 0.3) is 11.2 Å². The number of aryl methyl sites for hydroxylation is 1. The normalized spacial score (nSPS) is 10.8. The van der Waals surface area contributed by atoms with E-state index >= 15 is 0 Å². The summed E-state index contributed by atoms with van der Waals surface area (Å²) in [5.74, 6) is -0.976. The Morgan fingerprint density at radius 3 is 2.39 bits per heavy atom. The predicted molar refractivity (Wildman–Crippen MR) is 133 cm³/mol. The van der Waals surface area contributed by atoms with E-state index in [4.69, 9.17) is 4.74 Å². The van der Waals surface area contributed by atoms with Crippen LogP contribution in [0.3, 0.4) is 0 Å². The summed E-state index contributed by atoms with van der Waals surface area (Å²) in [6, 6.07) is 15.8. The Balaban J connectivity index is 1.61. The largest absolute Gasteiger partial charge is 0.493 e. The Morgan fingerprint density at radius 1 is 0.944 bits per heavy atom. The van der Waals surface area contributed by atoms with Crippen molar-refractivity contribution >= 4 is 23.0 Å². The molecule has 0 aliphatic carbocycles. The zero-order valence-corrected chi connectivity index (χ0v) is 19.9. The number of hydrazine groups is 1. The molecule has 0 aliphatic rings. The van der Waals surface area contributed by atoms with Gasteiger partial charge in [0.05, 0.1) is 25.0 Å². The number of para-hydroxylation sites is 1. The molecule has 11 heteroatoms. The quantitative estimate of drug-likeness (QED) is 0.358. The molecule has 0 atom stereocenters. The molecule has 0 radical (unpaired) electrons. The Kier molecular flexibility index (Phi) is 7.28. The first-order chi connectivity index (χ1) is 17.4. The second-order valence-corrected chi connectivity index (χ2v) is 7.88. The molecule has 0 spiro atoms. The van der Waals surface area contributed by atoms with Gasteiger partial charge in [-0.3, -0.25) is 29.8 Å². The minimum absolute atomic E-state index is 0.170. The van der Waals surface area contributed by atoms with E-state index in [1.807, 2.05) is 37.3 Å². The number of nitrogens with one attached hydrogen (secondary N) is 2. The number of fused-ring (bicyclic) bond motifs is 1. The van der Waals surface area contributed by atoms with Crippen molar-refractivity contribution in [3.63, 3.8) is 0 Å². The number of hydrogen-bond acceptors (Lipinski definition) is 6. The maximum Gasteiger partial charge on any atom is 0.333 e. The highest BCUT2D eigenvalue weighted by Gasteiger charge is 2.20. The molecule has 0 saturated carbocycles. The first-order valence-electron chi connectivity index (χ1n) is 11.5. The summed E-state index contributed by atoms with van der Waals surface area (Å²) in [7, 11) is 0. The monoisotopic (exact) mass is 490 g/mol. The smallest absolute Gasteiger partial charge is 0.333 e. The van der Waals surface area contributed by atoms with E-state index in [2.05, 4.69) is 15.8 Å². The zero-order chi connectivity index (χ0) is 25.7. The van der Waals surface area contributed by atoms with Gasteiger partial charge in [-0.2, -0.15) is 0 Å². The predicted octanol–water partition coefficient (Wildman–Crippen LogP) is 1.29. The van der Waals surface area contributed by atoms with Gasteiger partial charge in [0.15, 0.2) is 11.2 Å². The Hall–Kier alpha value is -4.67. The van der Waals surface area contributed by atoms with Crippen molar-refractivity contribution in [2.75, 3.05) is 6.61 Å². The first kappa shape index (κ1) is 24.5. The second kappa shape index (κ2) is 10.7. The molecule has 2 amide bonds. The number of carbonyl (C=O) groups excluding carboxylic acids is 2. The zero-order valence-electron chi connectivity index (χ0n) is 19.9. The number of benzene rings is 2. The first-order valence-corrected chi connectivity index (χ1v) is 11.5. The lowest BCUT2D eigenvalue weighted by atomic mass is 10.2. The van der Waals surface area contributed by atoms with E-state index < -0.39 is 29.6 Å². The number of aromatic nitrogens is 4. The van der Waals surface area contributed by atoms with Gasteiger partial charge in [0.25, 0.3) is 17.4 Å². The number of amides is 2. The molecule has 0 unspecified atom stereocenters. The average molecular weight is 491 g/mol. The van der Waals surface area contributed by atoms with Gasteiger partial charge in [0, 0.05) is 6.54 Å². The lowest BCUT2D eigenvalue weighted by molar-refractivity contribution is -0.122. The summed E-state index contributed by atoms with van der Waals surface area (Å²) in [5.41, 5.74) is 4.79. The minimum atomic E-state index is -0.746. The number of hydrogen-bond donors (Lipinski definition) is 2. The van der Waals surface area contributed by atoms with E-state index in [1.165, 1.54) is 10.9 Å². The molecule has 2 aromatic heterocycles. The van der Waals surface area contributed by atoms with Crippen molar-refractivity contribution in [2.45, 2.75) is 33.5 Å². The van der Waals surface area contributed by atoms with Crippen LogP contribution < -0.4 is 26.8 Å². The van der Waals surface area contributed by atoms with E-state index in [0.29, 0.717) is 18.9 Å². The number of imidazole rings is 1. The molecule has 4 aromatic rings. The summed E-state index contributed by atoms with van der Waals surface area (Å²) < 4.78 is 9.27. The fraction of sp³-hybridized carbons (Fsp3) is 0.240. The van der Waals surface area contributed by atoms with E-state index in [9.17, 15) is 19.2 Å². The molecule has 2 aromatic carbocycles. The van der Waals surface area contributed by atoms with Gasteiger partial charge in [0.2, 0.25) is 0 Å². The molecule has 2 heterocycles. The van der Waals surface area contributed by atoms with Crippen molar-refractivity contribution in [1.29, 1.82) is 0 Å². The molecule has 0 aliphatic heterocycles. The van der Waals surface area contributed by atoms with Gasteiger partial charge in [-0.25, -0.2) is 14.3 Å². The summed E-state index contributed by atoms with van der Waals surface area (Å²) in [6.45, 7) is 4.04. The van der Waals surface area contributed by atoms with Crippen LogP contribution in [0, 0.1) is 0 Å². The lowest BCUT2D eigenvalue weighted by Gasteiger charge is -2.13. The molecule has 0 fully saturated rings. The fourth-order valence-corrected chi connectivity index (χ4v) is 3.84. The maximum atomic E-state index is 13.3. The van der Waals surface area contributed by atoms with Gasteiger partial charge in [0.1, 0.15) is 12.3 Å².